The number of rotatable bonds is 3. The summed E-state index contributed by atoms with van der Waals surface area (Å²) in [5.41, 5.74) is 1.76. The standard InChI is InChI=1S/C11H13ClN4O2/c1-6(7-4-13-5-7)10(17)16-11-14-8(12)3-9(15-11)18-2/h3,13H,4-5H2,1-2H3,(H,14,15,16,17). The molecule has 0 spiro atoms. The summed E-state index contributed by atoms with van der Waals surface area (Å²) in [6.45, 7) is 3.27. The summed E-state index contributed by atoms with van der Waals surface area (Å²) in [5.74, 6) is 0.216. The van der Waals surface area contributed by atoms with Crippen molar-refractivity contribution < 1.29 is 9.53 Å². The van der Waals surface area contributed by atoms with Crippen molar-refractivity contribution in [3.8, 4) is 5.88 Å². The monoisotopic (exact) mass is 268 g/mol. The van der Waals surface area contributed by atoms with Gasteiger partial charge < -0.3 is 10.1 Å². The maximum Gasteiger partial charge on any atom is 0.253 e. The van der Waals surface area contributed by atoms with Crippen molar-refractivity contribution in [2.75, 3.05) is 25.5 Å². The molecular weight excluding hydrogens is 256 g/mol. The highest BCUT2D eigenvalue weighted by molar-refractivity contribution is 6.29. The molecule has 7 heteroatoms. The molecule has 1 amide bonds. The van der Waals surface area contributed by atoms with Gasteiger partial charge in [-0.1, -0.05) is 11.6 Å². The molecule has 2 rings (SSSR count). The first-order valence-electron chi connectivity index (χ1n) is 5.39. The van der Waals surface area contributed by atoms with Gasteiger partial charge in [-0.15, -0.1) is 0 Å². The highest BCUT2D eigenvalue weighted by atomic mass is 35.5. The Morgan fingerprint density at radius 2 is 2.22 bits per heavy atom. The minimum absolute atomic E-state index is 0.136. The molecule has 0 radical (unpaired) electrons. The zero-order valence-electron chi connectivity index (χ0n) is 10.1. The van der Waals surface area contributed by atoms with Crippen molar-refractivity contribution >= 4 is 23.5 Å². The molecule has 0 aromatic carbocycles. The average molecular weight is 269 g/mol. The normalized spacial score (nSPS) is 13.8. The van der Waals surface area contributed by atoms with E-state index in [1.807, 2.05) is 0 Å². The van der Waals surface area contributed by atoms with Crippen LogP contribution in [0.1, 0.15) is 6.92 Å². The lowest BCUT2D eigenvalue weighted by Gasteiger charge is -2.21. The van der Waals surface area contributed by atoms with Crippen molar-refractivity contribution in [2.45, 2.75) is 6.92 Å². The van der Waals surface area contributed by atoms with Crippen LogP contribution in [-0.4, -0.2) is 36.1 Å². The van der Waals surface area contributed by atoms with Gasteiger partial charge in [-0.25, -0.2) is 4.98 Å². The highest BCUT2D eigenvalue weighted by Gasteiger charge is 2.17. The van der Waals surface area contributed by atoms with E-state index in [2.05, 4.69) is 20.6 Å². The van der Waals surface area contributed by atoms with E-state index in [4.69, 9.17) is 16.3 Å². The number of carbonyl (C=O) groups excluding carboxylic acids is 1. The molecule has 1 aromatic rings. The number of ether oxygens (including phenoxy) is 1. The molecule has 1 aliphatic rings. The minimum Gasteiger partial charge on any atom is -0.481 e. The minimum atomic E-state index is -0.226. The summed E-state index contributed by atoms with van der Waals surface area (Å²) in [7, 11) is 1.47. The molecule has 1 aliphatic heterocycles. The van der Waals surface area contributed by atoms with E-state index in [1.54, 1.807) is 6.92 Å². The molecule has 2 heterocycles. The number of halogens is 1. The van der Waals surface area contributed by atoms with E-state index in [0.717, 1.165) is 18.7 Å². The average Bonchev–Trinajstić information content (AvgIpc) is 2.25. The van der Waals surface area contributed by atoms with Crippen LogP contribution in [-0.2, 0) is 4.79 Å². The van der Waals surface area contributed by atoms with Crippen molar-refractivity contribution in [2.24, 2.45) is 0 Å². The molecule has 6 nitrogen and oxygen atoms in total. The number of hydrogen-bond donors (Lipinski definition) is 2. The number of nitrogens with one attached hydrogen (secondary N) is 2. The van der Waals surface area contributed by atoms with E-state index in [1.165, 1.54) is 13.2 Å². The van der Waals surface area contributed by atoms with Crippen LogP contribution in [0, 0.1) is 0 Å². The van der Waals surface area contributed by atoms with E-state index in [9.17, 15) is 4.79 Å². The summed E-state index contributed by atoms with van der Waals surface area (Å²) < 4.78 is 4.95. The Morgan fingerprint density at radius 3 is 2.78 bits per heavy atom. The van der Waals surface area contributed by atoms with E-state index in [0.29, 0.717) is 11.5 Å². The predicted octanol–water partition coefficient (Wildman–Crippen LogP) is 0.997. The second kappa shape index (κ2) is 5.32. The Kier molecular flexibility index (Phi) is 3.78. The fourth-order valence-electron chi connectivity index (χ4n) is 1.43. The van der Waals surface area contributed by atoms with Gasteiger partial charge in [0, 0.05) is 24.7 Å². The lowest BCUT2D eigenvalue weighted by atomic mass is 10.0. The molecule has 0 bridgehead atoms. The van der Waals surface area contributed by atoms with Gasteiger partial charge in [-0.05, 0) is 12.5 Å². The summed E-state index contributed by atoms with van der Waals surface area (Å²) in [6, 6.07) is 1.47. The van der Waals surface area contributed by atoms with E-state index >= 15 is 0 Å². The van der Waals surface area contributed by atoms with Gasteiger partial charge in [-0.3, -0.25) is 10.1 Å². The van der Waals surface area contributed by atoms with Crippen LogP contribution >= 0.6 is 11.6 Å². The Balaban J connectivity index is 2.14. The second-order valence-electron chi connectivity index (χ2n) is 3.84. The van der Waals surface area contributed by atoms with Gasteiger partial charge >= 0.3 is 0 Å². The number of amides is 1. The summed E-state index contributed by atoms with van der Waals surface area (Å²) in [4.78, 5) is 19.8. The van der Waals surface area contributed by atoms with Gasteiger partial charge in [0.25, 0.3) is 5.91 Å². The maximum absolute atomic E-state index is 11.9. The molecule has 0 atom stereocenters. The lowest BCUT2D eigenvalue weighted by Crippen LogP contribution is -2.36. The van der Waals surface area contributed by atoms with Crippen LogP contribution < -0.4 is 15.4 Å². The van der Waals surface area contributed by atoms with Crippen molar-refractivity contribution in [1.82, 2.24) is 15.3 Å². The summed E-state index contributed by atoms with van der Waals surface area (Å²) in [6.07, 6.45) is 0. The fraction of sp³-hybridized carbons (Fsp3) is 0.364. The van der Waals surface area contributed by atoms with E-state index in [-0.39, 0.29) is 17.0 Å². The van der Waals surface area contributed by atoms with Gasteiger partial charge in [0.05, 0.1) is 7.11 Å². The molecule has 18 heavy (non-hydrogen) atoms. The molecule has 0 aliphatic carbocycles. The molecule has 1 saturated heterocycles. The SMILES string of the molecule is COc1cc(Cl)nc(NC(=O)C(C)=C2CNC2)n1. The lowest BCUT2D eigenvalue weighted by molar-refractivity contribution is -0.112. The van der Waals surface area contributed by atoms with Crippen molar-refractivity contribution in [3.63, 3.8) is 0 Å². The topological polar surface area (TPSA) is 76.1 Å². The third kappa shape index (κ3) is 2.77. The molecule has 0 unspecified atom stereocenters. The zero-order valence-corrected chi connectivity index (χ0v) is 10.8. The molecule has 1 aromatic heterocycles. The van der Waals surface area contributed by atoms with Crippen LogP contribution in [0.3, 0.4) is 0 Å². The van der Waals surface area contributed by atoms with E-state index < -0.39 is 0 Å². The molecule has 2 N–H and O–H groups in total. The predicted molar refractivity (Wildman–Crippen MR) is 67.8 cm³/mol. The summed E-state index contributed by atoms with van der Waals surface area (Å²) in [5, 5.41) is 5.89. The number of carbonyl (C=O) groups is 1. The molecular formula is C11H13ClN4O2. The van der Waals surface area contributed by atoms with Gasteiger partial charge in [0.1, 0.15) is 5.15 Å². The molecule has 96 valence electrons. The largest absolute Gasteiger partial charge is 0.481 e. The van der Waals surface area contributed by atoms with Gasteiger partial charge in [0.2, 0.25) is 11.8 Å². The molecule has 0 saturated carbocycles. The van der Waals surface area contributed by atoms with Crippen LogP contribution in [0.15, 0.2) is 17.2 Å². The second-order valence-corrected chi connectivity index (χ2v) is 4.23. The van der Waals surface area contributed by atoms with Crippen molar-refractivity contribution in [3.05, 3.63) is 22.4 Å². The first-order valence-corrected chi connectivity index (χ1v) is 5.77. The quantitative estimate of drug-likeness (QED) is 0.632. The third-order valence-electron chi connectivity index (χ3n) is 2.65. The van der Waals surface area contributed by atoms with Crippen LogP contribution in [0.5, 0.6) is 5.88 Å². The van der Waals surface area contributed by atoms with Gasteiger partial charge in [0.15, 0.2) is 0 Å². The summed E-state index contributed by atoms with van der Waals surface area (Å²) >= 11 is 5.79. The van der Waals surface area contributed by atoms with Crippen LogP contribution in [0.2, 0.25) is 5.15 Å². The highest BCUT2D eigenvalue weighted by Crippen LogP contribution is 2.17. The number of methoxy groups -OCH3 is 1. The van der Waals surface area contributed by atoms with Gasteiger partial charge in [-0.2, -0.15) is 4.98 Å². The molecule has 1 fully saturated rings. The third-order valence-corrected chi connectivity index (χ3v) is 2.85. The van der Waals surface area contributed by atoms with Crippen LogP contribution in [0.25, 0.3) is 0 Å². The smallest absolute Gasteiger partial charge is 0.253 e. The Labute approximate surface area is 109 Å². The maximum atomic E-state index is 11.9. The first kappa shape index (κ1) is 12.8. The Bertz CT molecular complexity index is 510. The van der Waals surface area contributed by atoms with Crippen molar-refractivity contribution in [1.29, 1.82) is 0 Å². The number of anilines is 1. The number of nitrogens with zero attached hydrogens (tertiary/aromatic N) is 2. The Hall–Kier alpha value is -1.66. The first-order chi connectivity index (χ1) is 8.60. The zero-order chi connectivity index (χ0) is 13.1. The number of aromatic nitrogens is 2. The Morgan fingerprint density at radius 1 is 1.50 bits per heavy atom. The van der Waals surface area contributed by atoms with Crippen LogP contribution in [0.4, 0.5) is 5.95 Å². The number of hydrogen-bond acceptors (Lipinski definition) is 5. The fourth-order valence-corrected chi connectivity index (χ4v) is 1.60.